The van der Waals surface area contributed by atoms with E-state index in [4.69, 9.17) is 5.73 Å². The molecule has 0 spiro atoms. The molecule has 120 valence electrons. The van der Waals surface area contributed by atoms with Gasteiger partial charge < -0.3 is 11.9 Å². The molecule has 0 aromatic heterocycles. The van der Waals surface area contributed by atoms with Crippen LogP contribution >= 0.6 is 0 Å². The number of rotatable bonds is 4. The van der Waals surface area contributed by atoms with Crippen molar-refractivity contribution >= 4 is 5.69 Å². The smallest absolute Gasteiger partial charge is 0.0429 e. The third-order valence-electron chi connectivity index (χ3n) is 4.51. The van der Waals surface area contributed by atoms with E-state index in [-0.39, 0.29) is 6.15 Å². The van der Waals surface area contributed by atoms with Crippen molar-refractivity contribution in [3.63, 3.8) is 0 Å². The van der Waals surface area contributed by atoms with E-state index in [1.807, 2.05) is 0 Å². The molecule has 0 heterocycles. The van der Waals surface area contributed by atoms with E-state index in [2.05, 4.69) is 65.0 Å². The van der Waals surface area contributed by atoms with Crippen molar-refractivity contribution < 1.29 is 0 Å². The highest BCUT2D eigenvalue weighted by Crippen LogP contribution is 2.38. The summed E-state index contributed by atoms with van der Waals surface area (Å²) in [4.78, 5) is 0. The van der Waals surface area contributed by atoms with Crippen LogP contribution in [0.2, 0.25) is 0 Å². The molecule has 2 aromatic carbocycles. The predicted molar refractivity (Wildman–Crippen MR) is 98.8 cm³/mol. The number of hydrogen-bond donors (Lipinski definition) is 2. The summed E-state index contributed by atoms with van der Waals surface area (Å²) in [5.41, 5.74) is 15.2. The van der Waals surface area contributed by atoms with Crippen LogP contribution < -0.4 is 11.9 Å². The maximum absolute atomic E-state index is 6.54. The Morgan fingerprint density at radius 3 is 2.00 bits per heavy atom. The lowest BCUT2D eigenvalue weighted by molar-refractivity contribution is 0.644. The Hall–Kier alpha value is -1.80. The molecule has 0 fully saturated rings. The Bertz CT molecular complexity index is 617. The molecule has 0 atom stereocenters. The Kier molecular flexibility index (Phi) is 6.19. The highest BCUT2D eigenvalue weighted by atomic mass is 14.6. The molecule has 0 saturated heterocycles. The Morgan fingerprint density at radius 1 is 0.955 bits per heavy atom. The summed E-state index contributed by atoms with van der Waals surface area (Å²) < 4.78 is 0. The van der Waals surface area contributed by atoms with Crippen LogP contribution in [-0.4, -0.2) is 0 Å². The molecule has 2 nitrogen and oxygen atoms in total. The first-order valence-corrected chi connectivity index (χ1v) is 7.96. The molecular weight excluding hydrogens is 268 g/mol. The van der Waals surface area contributed by atoms with E-state index in [1.54, 1.807) is 0 Å². The number of nitrogen functional groups attached to an aromatic ring is 1. The van der Waals surface area contributed by atoms with Gasteiger partial charge >= 0.3 is 0 Å². The van der Waals surface area contributed by atoms with Crippen LogP contribution in [0.1, 0.15) is 54.9 Å². The number of aryl methyl sites for hydroxylation is 3. The van der Waals surface area contributed by atoms with Crippen LogP contribution in [0.4, 0.5) is 5.69 Å². The average Bonchev–Trinajstić information content (AvgIpc) is 2.42. The molecule has 0 aliphatic rings. The van der Waals surface area contributed by atoms with Crippen molar-refractivity contribution in [3.8, 4) is 11.1 Å². The molecule has 22 heavy (non-hydrogen) atoms. The zero-order valence-electron chi connectivity index (χ0n) is 14.7. The topological polar surface area (TPSA) is 61.0 Å². The Balaban J connectivity index is 0.00000242. The van der Waals surface area contributed by atoms with Gasteiger partial charge in [0.15, 0.2) is 0 Å². The van der Waals surface area contributed by atoms with Gasteiger partial charge in [0.1, 0.15) is 0 Å². The highest BCUT2D eigenvalue weighted by molar-refractivity contribution is 5.83. The van der Waals surface area contributed by atoms with Gasteiger partial charge in [-0.2, -0.15) is 0 Å². The molecule has 2 rings (SSSR count). The fraction of sp³-hybridized carbons (Fsp3) is 0.400. The second-order valence-electron chi connectivity index (χ2n) is 6.10. The monoisotopic (exact) mass is 298 g/mol. The minimum Gasteiger partial charge on any atom is -0.398 e. The summed E-state index contributed by atoms with van der Waals surface area (Å²) >= 11 is 0. The summed E-state index contributed by atoms with van der Waals surface area (Å²) in [7, 11) is 0. The van der Waals surface area contributed by atoms with Crippen molar-refractivity contribution in [1.82, 2.24) is 6.15 Å². The highest BCUT2D eigenvalue weighted by Gasteiger charge is 2.16. The van der Waals surface area contributed by atoms with Crippen LogP contribution in [-0.2, 0) is 0 Å². The van der Waals surface area contributed by atoms with Gasteiger partial charge in [-0.15, -0.1) is 0 Å². The van der Waals surface area contributed by atoms with Gasteiger partial charge in [-0.25, -0.2) is 0 Å². The third-order valence-corrected chi connectivity index (χ3v) is 4.51. The molecule has 2 heteroatoms. The second-order valence-corrected chi connectivity index (χ2v) is 6.10. The first-order valence-electron chi connectivity index (χ1n) is 7.96. The van der Waals surface area contributed by atoms with Gasteiger partial charge in [0, 0.05) is 11.3 Å². The van der Waals surface area contributed by atoms with Crippen LogP contribution in [0.15, 0.2) is 30.3 Å². The van der Waals surface area contributed by atoms with Crippen LogP contribution in [0.3, 0.4) is 0 Å². The summed E-state index contributed by atoms with van der Waals surface area (Å²) in [5, 5.41) is 0. The molecule has 0 radical (unpaired) electrons. The van der Waals surface area contributed by atoms with Crippen molar-refractivity contribution in [2.45, 2.75) is 53.4 Å². The maximum Gasteiger partial charge on any atom is 0.0429 e. The van der Waals surface area contributed by atoms with E-state index in [9.17, 15) is 0 Å². The molecule has 0 amide bonds. The molecule has 5 N–H and O–H groups in total. The largest absolute Gasteiger partial charge is 0.398 e. The third kappa shape index (κ3) is 3.33. The minimum absolute atomic E-state index is 0. The van der Waals surface area contributed by atoms with Crippen LogP contribution in [0.5, 0.6) is 0 Å². The first kappa shape index (κ1) is 18.2. The lowest BCUT2D eigenvalue weighted by atomic mass is 9.87. The molecule has 2 aromatic rings. The Morgan fingerprint density at radius 2 is 1.50 bits per heavy atom. The fourth-order valence-corrected chi connectivity index (χ4v) is 3.49. The van der Waals surface area contributed by atoms with Crippen LogP contribution in [0.25, 0.3) is 11.1 Å². The fourth-order valence-electron chi connectivity index (χ4n) is 3.49. The van der Waals surface area contributed by atoms with Crippen molar-refractivity contribution in [2.75, 3.05) is 5.73 Å². The van der Waals surface area contributed by atoms with Gasteiger partial charge in [-0.1, -0.05) is 49.7 Å². The van der Waals surface area contributed by atoms with E-state index in [0.29, 0.717) is 5.92 Å². The van der Waals surface area contributed by atoms with E-state index in [1.165, 1.54) is 33.4 Å². The summed E-state index contributed by atoms with van der Waals surface area (Å²) in [6, 6.07) is 11.0. The van der Waals surface area contributed by atoms with Crippen molar-refractivity contribution in [3.05, 3.63) is 52.6 Å². The molecule has 0 saturated carbocycles. The number of benzene rings is 2. The van der Waals surface area contributed by atoms with E-state index < -0.39 is 0 Å². The lowest BCUT2D eigenvalue weighted by Gasteiger charge is -2.20. The number of anilines is 1. The molecule has 0 aliphatic heterocycles. The second kappa shape index (κ2) is 7.46. The standard InChI is InChI=1S/C20H27N.H3N/c1-6-16(7-2)17-9-8-10-18(20(17)21)19-14(4)11-13(3)12-15(19)5;/h8-12,16H,6-7,21H2,1-5H3;1H3. The van der Waals surface area contributed by atoms with Gasteiger partial charge in [0.05, 0.1) is 0 Å². The molecular formula is C20H30N2. The zero-order chi connectivity index (χ0) is 15.6. The molecule has 0 unspecified atom stereocenters. The predicted octanol–water partition coefficient (Wildman–Crippen LogP) is 5.93. The number of nitrogens with two attached hydrogens (primary N) is 1. The lowest BCUT2D eigenvalue weighted by Crippen LogP contribution is -2.04. The molecule has 0 aliphatic carbocycles. The first-order chi connectivity index (χ1) is 9.99. The zero-order valence-corrected chi connectivity index (χ0v) is 14.7. The summed E-state index contributed by atoms with van der Waals surface area (Å²) in [5.74, 6) is 0.552. The van der Waals surface area contributed by atoms with Gasteiger partial charge in [-0.05, 0) is 61.8 Å². The SMILES string of the molecule is CCC(CC)c1cccc(-c2c(C)cc(C)cc2C)c1N.N. The summed E-state index contributed by atoms with van der Waals surface area (Å²) in [6.07, 6.45) is 2.27. The van der Waals surface area contributed by atoms with Crippen molar-refractivity contribution in [2.24, 2.45) is 0 Å². The normalized spacial score (nSPS) is 10.6. The number of hydrogen-bond acceptors (Lipinski definition) is 2. The number of para-hydroxylation sites is 1. The van der Waals surface area contributed by atoms with Gasteiger partial charge in [0.2, 0.25) is 0 Å². The van der Waals surface area contributed by atoms with Crippen LogP contribution in [0, 0.1) is 20.8 Å². The van der Waals surface area contributed by atoms with Crippen molar-refractivity contribution in [1.29, 1.82) is 0 Å². The maximum atomic E-state index is 6.54. The minimum atomic E-state index is 0. The Labute approximate surface area is 135 Å². The van der Waals surface area contributed by atoms with Gasteiger partial charge in [0.25, 0.3) is 0 Å². The van der Waals surface area contributed by atoms with E-state index >= 15 is 0 Å². The average molecular weight is 298 g/mol. The summed E-state index contributed by atoms with van der Waals surface area (Å²) in [6.45, 7) is 11.0. The quantitative estimate of drug-likeness (QED) is 0.687. The van der Waals surface area contributed by atoms with E-state index in [0.717, 1.165) is 18.5 Å². The van der Waals surface area contributed by atoms with Gasteiger partial charge in [-0.3, -0.25) is 0 Å². The molecule has 0 bridgehead atoms.